The SMILES string of the molecule is CC[C@@H](C)c1ccccc1O[C@H](C)CNc1ccccc1C(C)C. The van der Waals surface area contributed by atoms with E-state index in [1.807, 2.05) is 0 Å². The number of anilines is 1. The minimum atomic E-state index is 0.107. The van der Waals surface area contributed by atoms with Gasteiger partial charge in [0.05, 0.1) is 6.54 Å². The van der Waals surface area contributed by atoms with Gasteiger partial charge in [-0.25, -0.2) is 0 Å². The summed E-state index contributed by atoms with van der Waals surface area (Å²) in [5.74, 6) is 2.04. The van der Waals surface area contributed by atoms with Crippen LogP contribution in [-0.4, -0.2) is 12.6 Å². The minimum absolute atomic E-state index is 0.107. The maximum Gasteiger partial charge on any atom is 0.123 e. The van der Waals surface area contributed by atoms with Crippen LogP contribution < -0.4 is 10.1 Å². The van der Waals surface area contributed by atoms with Gasteiger partial charge in [0, 0.05) is 5.69 Å². The average Bonchev–Trinajstić information content (AvgIpc) is 2.60. The Labute approximate surface area is 147 Å². The van der Waals surface area contributed by atoms with E-state index in [1.165, 1.54) is 16.8 Å². The lowest BCUT2D eigenvalue weighted by Gasteiger charge is -2.22. The second-order valence-corrected chi connectivity index (χ2v) is 6.90. The van der Waals surface area contributed by atoms with Crippen molar-refractivity contribution in [2.45, 2.75) is 59.0 Å². The van der Waals surface area contributed by atoms with E-state index in [0.717, 1.165) is 18.7 Å². The first kappa shape index (κ1) is 18.4. The molecule has 2 aromatic rings. The lowest BCUT2D eigenvalue weighted by molar-refractivity contribution is 0.231. The van der Waals surface area contributed by atoms with Gasteiger partial charge < -0.3 is 10.1 Å². The summed E-state index contributed by atoms with van der Waals surface area (Å²) in [4.78, 5) is 0. The highest BCUT2D eigenvalue weighted by atomic mass is 16.5. The summed E-state index contributed by atoms with van der Waals surface area (Å²) in [7, 11) is 0. The Morgan fingerprint density at radius 2 is 1.50 bits per heavy atom. The molecule has 0 bridgehead atoms. The molecule has 0 amide bonds. The van der Waals surface area contributed by atoms with E-state index < -0.39 is 0 Å². The maximum atomic E-state index is 6.23. The molecule has 0 unspecified atom stereocenters. The van der Waals surface area contributed by atoms with Crippen molar-refractivity contribution < 1.29 is 4.74 Å². The van der Waals surface area contributed by atoms with E-state index in [9.17, 15) is 0 Å². The van der Waals surface area contributed by atoms with E-state index in [1.54, 1.807) is 0 Å². The smallest absolute Gasteiger partial charge is 0.123 e. The number of ether oxygens (including phenoxy) is 1. The molecule has 2 aromatic carbocycles. The molecule has 0 saturated carbocycles. The number of rotatable bonds is 8. The van der Waals surface area contributed by atoms with Crippen LogP contribution >= 0.6 is 0 Å². The van der Waals surface area contributed by atoms with Gasteiger partial charge in [-0.1, -0.05) is 64.1 Å². The summed E-state index contributed by atoms with van der Waals surface area (Å²) in [5.41, 5.74) is 3.86. The van der Waals surface area contributed by atoms with E-state index >= 15 is 0 Å². The fourth-order valence-corrected chi connectivity index (χ4v) is 2.89. The van der Waals surface area contributed by atoms with Crippen LogP contribution in [0.1, 0.15) is 64.0 Å². The highest BCUT2D eigenvalue weighted by Crippen LogP contribution is 2.29. The van der Waals surface area contributed by atoms with Crippen LogP contribution in [0.3, 0.4) is 0 Å². The van der Waals surface area contributed by atoms with Crippen LogP contribution in [0.2, 0.25) is 0 Å². The van der Waals surface area contributed by atoms with Crippen molar-refractivity contribution in [2.75, 3.05) is 11.9 Å². The molecule has 0 saturated heterocycles. The first-order chi connectivity index (χ1) is 11.5. The van der Waals surface area contributed by atoms with Crippen LogP contribution in [0.15, 0.2) is 48.5 Å². The molecule has 0 radical (unpaired) electrons. The van der Waals surface area contributed by atoms with Gasteiger partial charge in [0.25, 0.3) is 0 Å². The van der Waals surface area contributed by atoms with E-state index in [4.69, 9.17) is 4.74 Å². The largest absolute Gasteiger partial charge is 0.489 e. The van der Waals surface area contributed by atoms with Crippen molar-refractivity contribution in [1.29, 1.82) is 0 Å². The molecular weight excluding hydrogens is 294 g/mol. The first-order valence-electron chi connectivity index (χ1n) is 9.11. The van der Waals surface area contributed by atoms with E-state index in [-0.39, 0.29) is 6.10 Å². The monoisotopic (exact) mass is 325 g/mol. The number of hydrogen-bond acceptors (Lipinski definition) is 2. The maximum absolute atomic E-state index is 6.23. The molecule has 2 rings (SSSR count). The Morgan fingerprint density at radius 3 is 2.17 bits per heavy atom. The Balaban J connectivity index is 2.01. The number of para-hydroxylation sites is 2. The predicted molar refractivity (Wildman–Crippen MR) is 104 cm³/mol. The lowest BCUT2D eigenvalue weighted by atomic mass is 9.98. The van der Waals surface area contributed by atoms with E-state index in [0.29, 0.717) is 11.8 Å². The predicted octanol–water partition coefficient (Wildman–Crippen LogP) is 6.20. The van der Waals surface area contributed by atoms with Crippen molar-refractivity contribution in [1.82, 2.24) is 0 Å². The quantitative estimate of drug-likeness (QED) is 0.623. The number of benzene rings is 2. The normalized spacial score (nSPS) is 13.6. The molecule has 2 atom stereocenters. The average molecular weight is 325 g/mol. The summed E-state index contributed by atoms with van der Waals surface area (Å²) in [6, 6.07) is 16.9. The third-order valence-electron chi connectivity index (χ3n) is 4.55. The van der Waals surface area contributed by atoms with Crippen molar-refractivity contribution in [3.05, 3.63) is 59.7 Å². The molecule has 1 N–H and O–H groups in total. The van der Waals surface area contributed by atoms with Crippen molar-refractivity contribution in [2.24, 2.45) is 0 Å². The first-order valence-corrected chi connectivity index (χ1v) is 9.11. The summed E-state index contributed by atoms with van der Waals surface area (Å²) < 4.78 is 6.23. The highest BCUT2D eigenvalue weighted by molar-refractivity contribution is 5.52. The topological polar surface area (TPSA) is 21.3 Å². The van der Waals surface area contributed by atoms with Gasteiger partial charge in [-0.2, -0.15) is 0 Å². The molecule has 0 fully saturated rings. The Morgan fingerprint density at radius 1 is 0.875 bits per heavy atom. The fourth-order valence-electron chi connectivity index (χ4n) is 2.89. The molecule has 0 heterocycles. The zero-order chi connectivity index (χ0) is 17.5. The fraction of sp³-hybridized carbons (Fsp3) is 0.455. The molecule has 24 heavy (non-hydrogen) atoms. The minimum Gasteiger partial charge on any atom is -0.489 e. The second kappa shape index (κ2) is 8.77. The van der Waals surface area contributed by atoms with Gasteiger partial charge in [0.15, 0.2) is 0 Å². The van der Waals surface area contributed by atoms with Gasteiger partial charge in [0.1, 0.15) is 11.9 Å². The Kier molecular flexibility index (Phi) is 6.72. The van der Waals surface area contributed by atoms with Crippen LogP contribution in [-0.2, 0) is 0 Å². The molecule has 0 aliphatic carbocycles. The van der Waals surface area contributed by atoms with Crippen LogP contribution in [0, 0.1) is 0 Å². The second-order valence-electron chi connectivity index (χ2n) is 6.90. The summed E-state index contributed by atoms with van der Waals surface area (Å²) in [6.45, 7) is 11.8. The molecule has 0 aliphatic rings. The molecular formula is C22H31NO. The Hall–Kier alpha value is -1.96. The van der Waals surface area contributed by atoms with Gasteiger partial charge in [-0.05, 0) is 48.4 Å². The number of nitrogens with one attached hydrogen (secondary N) is 1. The van der Waals surface area contributed by atoms with Crippen LogP contribution in [0.5, 0.6) is 5.75 Å². The van der Waals surface area contributed by atoms with Gasteiger partial charge >= 0.3 is 0 Å². The van der Waals surface area contributed by atoms with Crippen molar-refractivity contribution >= 4 is 5.69 Å². The molecule has 2 nitrogen and oxygen atoms in total. The highest BCUT2D eigenvalue weighted by Gasteiger charge is 2.13. The van der Waals surface area contributed by atoms with Gasteiger partial charge in [-0.15, -0.1) is 0 Å². The zero-order valence-electron chi connectivity index (χ0n) is 15.7. The van der Waals surface area contributed by atoms with Crippen molar-refractivity contribution in [3.63, 3.8) is 0 Å². The third-order valence-corrected chi connectivity index (χ3v) is 4.55. The zero-order valence-corrected chi connectivity index (χ0v) is 15.7. The summed E-state index contributed by atoms with van der Waals surface area (Å²) in [5, 5.41) is 3.55. The van der Waals surface area contributed by atoms with Crippen LogP contribution in [0.4, 0.5) is 5.69 Å². The van der Waals surface area contributed by atoms with Gasteiger partial charge in [0.2, 0.25) is 0 Å². The lowest BCUT2D eigenvalue weighted by Crippen LogP contribution is -2.23. The Bertz CT molecular complexity index is 635. The molecule has 130 valence electrons. The number of hydrogen-bond donors (Lipinski definition) is 1. The molecule has 0 aliphatic heterocycles. The molecule has 0 aromatic heterocycles. The van der Waals surface area contributed by atoms with Crippen molar-refractivity contribution in [3.8, 4) is 5.75 Å². The van der Waals surface area contributed by atoms with E-state index in [2.05, 4.69) is 88.5 Å². The van der Waals surface area contributed by atoms with Gasteiger partial charge in [-0.3, -0.25) is 0 Å². The molecule has 2 heteroatoms. The third kappa shape index (κ3) is 4.77. The van der Waals surface area contributed by atoms with Crippen LogP contribution in [0.25, 0.3) is 0 Å². The summed E-state index contributed by atoms with van der Waals surface area (Å²) >= 11 is 0. The standard InChI is InChI=1S/C22H31NO/c1-6-17(4)20-12-8-10-14-22(20)24-18(5)15-23-21-13-9-7-11-19(21)16(2)3/h7-14,16-18,23H,6,15H2,1-5H3/t17-,18-/m1/s1. The molecule has 0 spiro atoms. The summed E-state index contributed by atoms with van der Waals surface area (Å²) in [6.07, 6.45) is 1.23.